The fourth-order valence-corrected chi connectivity index (χ4v) is 0.759. The number of rotatable bonds is 1. The molecule has 1 heterocycles. The van der Waals surface area contributed by atoms with Crippen LogP contribution in [0.15, 0.2) is 10.9 Å². The van der Waals surface area contributed by atoms with Gasteiger partial charge < -0.3 is 5.73 Å². The lowest BCUT2D eigenvalue weighted by atomic mass is 10.4. The summed E-state index contributed by atoms with van der Waals surface area (Å²) in [6.45, 7) is 0. The Morgan fingerprint density at radius 2 is 2.50 bits per heavy atom. The van der Waals surface area contributed by atoms with Crippen molar-refractivity contribution in [2.75, 3.05) is 5.73 Å². The van der Waals surface area contributed by atoms with Crippen LogP contribution in [0, 0.1) is 11.3 Å². The molecule has 0 fully saturated rings. The lowest BCUT2D eigenvalue weighted by molar-refractivity contribution is 0.0906. The van der Waals surface area contributed by atoms with Gasteiger partial charge in [0.1, 0.15) is 12.2 Å². The maximum atomic E-state index is 11.0. The van der Waals surface area contributed by atoms with Gasteiger partial charge in [-0.2, -0.15) is 5.26 Å². The van der Waals surface area contributed by atoms with Gasteiger partial charge in [0.25, 0.3) is 11.5 Å². The number of anilines is 1. The molecule has 3 N–H and O–H groups in total. The minimum Gasteiger partial charge on any atom is -0.383 e. The summed E-state index contributed by atoms with van der Waals surface area (Å²) in [6.07, 6.45) is -0.311. The van der Waals surface area contributed by atoms with E-state index in [1.165, 1.54) is 0 Å². The maximum Gasteiger partial charge on any atom is 0.266 e. The fourth-order valence-electron chi connectivity index (χ4n) is 0.759. The third-order valence-corrected chi connectivity index (χ3v) is 1.24. The monoisotopic (exact) mass is 166 g/mol. The summed E-state index contributed by atoms with van der Waals surface area (Å²) < 4.78 is 0.853. The molecule has 12 heavy (non-hydrogen) atoms. The van der Waals surface area contributed by atoms with Crippen molar-refractivity contribution < 1.29 is 4.79 Å². The first-order valence-electron chi connectivity index (χ1n) is 3.13. The van der Waals surface area contributed by atoms with Gasteiger partial charge in [0.15, 0.2) is 0 Å². The number of aromatic amines is 1. The van der Waals surface area contributed by atoms with Gasteiger partial charge in [0.2, 0.25) is 0 Å². The van der Waals surface area contributed by atoms with Crippen molar-refractivity contribution in [3.63, 3.8) is 0 Å². The highest BCUT2D eigenvalue weighted by Crippen LogP contribution is 1.96. The Kier molecular flexibility index (Phi) is 1.96. The standard InChI is InChI=1S/C6H6N4O2/c7-2-1-6(12)10-4(8)3-5(11)9-10/h3H,1,8H2,(H,9,11). The topological polar surface area (TPSA) is 105 Å². The van der Waals surface area contributed by atoms with Crippen molar-refractivity contribution >= 4 is 11.7 Å². The number of nitrogens with one attached hydrogen (secondary N) is 1. The minimum atomic E-state index is -0.544. The molecule has 0 aliphatic rings. The molecule has 0 bridgehead atoms. The number of nitrogen functional groups attached to an aromatic ring is 1. The molecule has 0 spiro atoms. The Morgan fingerprint density at radius 1 is 1.83 bits per heavy atom. The van der Waals surface area contributed by atoms with E-state index in [-0.39, 0.29) is 12.2 Å². The molecule has 0 saturated heterocycles. The van der Waals surface area contributed by atoms with Crippen LogP contribution >= 0.6 is 0 Å². The van der Waals surface area contributed by atoms with Crippen molar-refractivity contribution in [3.05, 3.63) is 16.4 Å². The third-order valence-electron chi connectivity index (χ3n) is 1.24. The molecular formula is C6H6N4O2. The Morgan fingerprint density at radius 3 is 2.92 bits per heavy atom. The van der Waals surface area contributed by atoms with Gasteiger partial charge in [-0.1, -0.05) is 0 Å². The van der Waals surface area contributed by atoms with Crippen LogP contribution in [0.2, 0.25) is 0 Å². The zero-order valence-corrected chi connectivity index (χ0v) is 6.07. The first-order chi connectivity index (χ1) is 5.65. The van der Waals surface area contributed by atoms with Gasteiger partial charge in [-0.05, 0) is 0 Å². The zero-order chi connectivity index (χ0) is 9.14. The van der Waals surface area contributed by atoms with Crippen molar-refractivity contribution in [2.24, 2.45) is 0 Å². The number of hydrogen-bond acceptors (Lipinski definition) is 4. The smallest absolute Gasteiger partial charge is 0.266 e. The van der Waals surface area contributed by atoms with E-state index in [1.54, 1.807) is 6.07 Å². The van der Waals surface area contributed by atoms with E-state index < -0.39 is 11.5 Å². The second-order valence-corrected chi connectivity index (χ2v) is 2.11. The van der Waals surface area contributed by atoms with Crippen LogP contribution in [0.25, 0.3) is 0 Å². The van der Waals surface area contributed by atoms with Crippen LogP contribution in [-0.2, 0) is 0 Å². The Hall–Kier alpha value is -2.03. The second kappa shape index (κ2) is 2.92. The molecule has 0 radical (unpaired) electrons. The van der Waals surface area contributed by atoms with E-state index in [4.69, 9.17) is 11.0 Å². The molecule has 1 aromatic rings. The predicted molar refractivity (Wildman–Crippen MR) is 40.3 cm³/mol. The van der Waals surface area contributed by atoms with E-state index in [1.807, 2.05) is 0 Å². The van der Waals surface area contributed by atoms with Crippen molar-refractivity contribution in [1.29, 1.82) is 5.26 Å². The highest BCUT2D eigenvalue weighted by atomic mass is 16.2. The summed E-state index contributed by atoms with van der Waals surface area (Å²) in [5.41, 5.74) is 4.81. The van der Waals surface area contributed by atoms with Gasteiger partial charge >= 0.3 is 0 Å². The normalized spacial score (nSPS) is 9.25. The number of carbonyl (C=O) groups is 1. The lowest BCUT2D eigenvalue weighted by Gasteiger charge is -1.97. The molecule has 0 aromatic carbocycles. The minimum absolute atomic E-state index is 0.0141. The molecule has 0 amide bonds. The number of carbonyl (C=O) groups excluding carboxylic acids is 1. The summed E-state index contributed by atoms with van der Waals surface area (Å²) in [4.78, 5) is 21.6. The van der Waals surface area contributed by atoms with E-state index in [2.05, 4.69) is 5.10 Å². The van der Waals surface area contributed by atoms with Crippen LogP contribution < -0.4 is 11.3 Å². The van der Waals surface area contributed by atoms with Gasteiger partial charge in [0.05, 0.1) is 6.07 Å². The highest BCUT2D eigenvalue weighted by molar-refractivity contribution is 5.82. The summed E-state index contributed by atoms with van der Waals surface area (Å²) in [7, 11) is 0. The van der Waals surface area contributed by atoms with Crippen LogP contribution in [0.5, 0.6) is 0 Å². The molecule has 6 heteroatoms. The van der Waals surface area contributed by atoms with E-state index in [0.29, 0.717) is 0 Å². The number of hydrogen-bond donors (Lipinski definition) is 2. The molecule has 1 aromatic heterocycles. The molecule has 0 atom stereocenters. The van der Waals surface area contributed by atoms with E-state index in [9.17, 15) is 9.59 Å². The molecule has 0 unspecified atom stereocenters. The predicted octanol–water partition coefficient (Wildman–Crippen LogP) is -0.688. The first kappa shape index (κ1) is 8.07. The Balaban J connectivity index is 3.04. The maximum absolute atomic E-state index is 11.0. The first-order valence-corrected chi connectivity index (χ1v) is 3.13. The number of nitriles is 1. The van der Waals surface area contributed by atoms with Gasteiger partial charge in [-0.3, -0.25) is 14.7 Å². The molecule has 0 saturated carbocycles. The van der Waals surface area contributed by atoms with Crippen LogP contribution in [0.3, 0.4) is 0 Å². The molecule has 62 valence electrons. The second-order valence-electron chi connectivity index (χ2n) is 2.11. The molecule has 6 nitrogen and oxygen atoms in total. The van der Waals surface area contributed by atoms with Crippen molar-refractivity contribution in [1.82, 2.24) is 9.78 Å². The average molecular weight is 166 g/mol. The van der Waals surface area contributed by atoms with Crippen LogP contribution in [-0.4, -0.2) is 15.7 Å². The van der Waals surface area contributed by atoms with Crippen LogP contribution in [0.1, 0.15) is 11.2 Å². The quantitative estimate of drug-likeness (QED) is 0.576. The fraction of sp³-hybridized carbons (Fsp3) is 0.167. The summed E-state index contributed by atoms with van der Waals surface area (Å²) in [5.74, 6) is -0.530. The SMILES string of the molecule is N#CCC(=O)n1[nH]c(=O)cc1N. The van der Waals surface area contributed by atoms with Gasteiger partial charge in [0, 0.05) is 6.07 Å². The van der Waals surface area contributed by atoms with E-state index in [0.717, 1.165) is 10.7 Å². The molecule has 0 aliphatic heterocycles. The van der Waals surface area contributed by atoms with Gasteiger partial charge in [-0.25, -0.2) is 4.68 Å². The zero-order valence-electron chi connectivity index (χ0n) is 6.07. The lowest BCUT2D eigenvalue weighted by Crippen LogP contribution is -2.15. The summed E-state index contributed by atoms with van der Waals surface area (Å²) in [5, 5.41) is 10.3. The molecule has 1 rings (SSSR count). The third kappa shape index (κ3) is 1.34. The Labute approximate surface area is 67.2 Å². The number of aromatic nitrogens is 2. The van der Waals surface area contributed by atoms with Crippen LogP contribution in [0.4, 0.5) is 5.82 Å². The van der Waals surface area contributed by atoms with E-state index >= 15 is 0 Å². The summed E-state index contributed by atoms with van der Waals surface area (Å²) >= 11 is 0. The van der Waals surface area contributed by atoms with Gasteiger partial charge in [-0.15, -0.1) is 0 Å². The van der Waals surface area contributed by atoms with Crippen molar-refractivity contribution in [2.45, 2.75) is 6.42 Å². The Bertz CT molecular complexity index is 394. The highest BCUT2D eigenvalue weighted by Gasteiger charge is 2.07. The molecule has 0 aliphatic carbocycles. The number of nitrogens with two attached hydrogens (primary N) is 1. The molecular weight excluding hydrogens is 160 g/mol. The summed E-state index contributed by atoms with van der Waals surface area (Å²) in [6, 6.07) is 2.73. The van der Waals surface area contributed by atoms with Crippen molar-refractivity contribution in [3.8, 4) is 6.07 Å². The number of H-pyrrole nitrogens is 1. The average Bonchev–Trinajstić information content (AvgIpc) is 2.30. The number of nitrogens with zero attached hydrogens (tertiary/aromatic N) is 2. The largest absolute Gasteiger partial charge is 0.383 e.